The van der Waals surface area contributed by atoms with Gasteiger partial charge in [0.15, 0.2) is 36.1 Å². The van der Waals surface area contributed by atoms with Gasteiger partial charge in [-0.15, -0.1) is 0 Å². The Labute approximate surface area is 513 Å². The number of halogens is 2. The van der Waals surface area contributed by atoms with Crippen LogP contribution in [0.3, 0.4) is 0 Å². The Hall–Kier alpha value is -7.88. The average Bonchev–Trinajstić information content (AvgIpc) is 2.21. The van der Waals surface area contributed by atoms with Crippen LogP contribution >= 0.6 is 31.9 Å². The fraction of sp³-hybridized carbons (Fsp3) is 0.400. The van der Waals surface area contributed by atoms with Crippen LogP contribution in [0.1, 0.15) is 124 Å². The minimum absolute atomic E-state index is 0.0352. The lowest BCUT2D eigenvalue weighted by molar-refractivity contribution is -0.0404. The van der Waals surface area contributed by atoms with E-state index in [0.29, 0.717) is 88.9 Å². The van der Waals surface area contributed by atoms with E-state index in [0.717, 1.165) is 94.5 Å². The lowest BCUT2D eigenvalue weighted by atomic mass is 10.2. The second kappa shape index (κ2) is 29.0. The molecule has 12 rings (SSSR count). The maximum atomic E-state index is 11.4. The molecule has 2 unspecified atom stereocenters. The van der Waals surface area contributed by atoms with E-state index in [1.54, 1.807) is 18.0 Å². The molecule has 2 fully saturated rings. The molecule has 0 bridgehead atoms. The van der Waals surface area contributed by atoms with Crippen molar-refractivity contribution < 1.29 is 47.5 Å². The Morgan fingerprint density at radius 3 is 1.48 bits per heavy atom. The van der Waals surface area contributed by atoms with Crippen molar-refractivity contribution in [2.24, 2.45) is 0 Å². The smallest absolute Gasteiger partial charge is 0.245 e. The summed E-state index contributed by atoms with van der Waals surface area (Å²) in [5.74, 6) is 1.84. The lowest BCUT2D eigenvalue weighted by Crippen LogP contribution is -2.24. The summed E-state index contributed by atoms with van der Waals surface area (Å²) in [6.45, 7) is 15.0. The lowest BCUT2D eigenvalue weighted by Gasteiger charge is -2.23. The van der Waals surface area contributed by atoms with Crippen LogP contribution in [-0.2, 0) is 45.6 Å². The number of carbonyl (C=O) groups is 2. The molecular formula is C60H68Br2N14O10. The monoisotopic (exact) mass is 1300 g/mol. The molecular weight excluding hydrogens is 1240 g/mol. The minimum Gasteiger partial charge on any atom is -0.479 e. The number of hydrogen-bond acceptors (Lipinski definition) is 20. The third-order valence-electron chi connectivity index (χ3n) is 13.1. The van der Waals surface area contributed by atoms with Gasteiger partial charge in [0.1, 0.15) is 93.4 Å². The van der Waals surface area contributed by atoms with Gasteiger partial charge in [-0.3, -0.25) is 9.59 Å². The molecule has 0 aliphatic carbocycles. The molecule has 24 nitrogen and oxygen atoms in total. The Morgan fingerprint density at radius 2 is 0.988 bits per heavy atom. The quantitative estimate of drug-likeness (QED) is 0.0814. The zero-order valence-corrected chi connectivity index (χ0v) is 52.3. The second-order valence-corrected chi connectivity index (χ2v) is 23.3. The Morgan fingerprint density at radius 1 is 0.535 bits per heavy atom. The van der Waals surface area contributed by atoms with Gasteiger partial charge >= 0.3 is 0 Å². The van der Waals surface area contributed by atoms with E-state index in [-0.39, 0.29) is 24.8 Å². The van der Waals surface area contributed by atoms with Gasteiger partial charge in [0.2, 0.25) is 23.5 Å². The number of hydrogen-bond donors (Lipinski definition) is 0. The normalized spacial score (nSPS) is 15.2. The summed E-state index contributed by atoms with van der Waals surface area (Å²) in [5, 5.41) is 8.89. The highest BCUT2D eigenvalue weighted by Gasteiger charge is 2.27. The van der Waals surface area contributed by atoms with Gasteiger partial charge in [-0.1, -0.05) is 60.7 Å². The zero-order chi connectivity index (χ0) is 60.8. The molecule has 86 heavy (non-hydrogen) atoms. The zero-order valence-electron chi connectivity index (χ0n) is 49.1. The molecule has 2 aliphatic rings. The molecule has 452 valence electrons. The first-order chi connectivity index (χ1) is 41.6. The van der Waals surface area contributed by atoms with Crippen LogP contribution < -0.4 is 18.9 Å². The Bertz CT molecular complexity index is 3850. The summed E-state index contributed by atoms with van der Waals surface area (Å²) >= 11 is 7.07. The number of aldehydes is 2. The average molecular weight is 1310 g/mol. The molecule has 0 N–H and O–H groups in total. The van der Waals surface area contributed by atoms with Crippen LogP contribution in [0.4, 0.5) is 0 Å². The van der Waals surface area contributed by atoms with Crippen molar-refractivity contribution in [1.29, 1.82) is 0 Å². The summed E-state index contributed by atoms with van der Waals surface area (Å²) in [4.78, 5) is 56.2. The van der Waals surface area contributed by atoms with Crippen molar-refractivity contribution in [2.75, 3.05) is 27.4 Å². The summed E-state index contributed by atoms with van der Waals surface area (Å²) in [6.07, 6.45) is 16.9. The molecule has 0 saturated carbocycles. The third kappa shape index (κ3) is 15.6. The highest BCUT2D eigenvalue weighted by molar-refractivity contribution is 9.11. The topological polar surface area (TPSA) is 257 Å². The van der Waals surface area contributed by atoms with Crippen LogP contribution in [0.15, 0.2) is 107 Å². The molecule has 0 amide bonds. The standard InChI is InChI=1S/C19H21N3O3.C18H20BrN3O2.C12H14N4O3.C11H13BrN4O2/c1-19(2,3)25-18-17-16(20-12-21-18)15(10-23)9-22(17)13-24-11-14-7-5-4-6-8-14;1-18(2,3)24-17-16-15(20-11-21-17)14(19)9-22(16)12-23-10-13-7-5-4-6-8-13;1-18-12-11-10(13-7-14-12)8(6-17)16(15-11)9-4-2-3-5-19-9;1-17-11-9-8(13-6-14-11)10(12)16(15-9)7-4-2-3-5-18-7/h4-10,12H,11,13H2,1-3H3;4-9,11H,10,12H2,1-3H3;6-7,9H,2-5H2,1H3;6-7H,2-5H2,1H3. The number of ether oxygens (including phenoxy) is 8. The number of rotatable bonds is 16. The number of benzene rings is 2. The summed E-state index contributed by atoms with van der Waals surface area (Å²) < 4.78 is 54.2. The fourth-order valence-corrected chi connectivity index (χ4v) is 10.4. The van der Waals surface area contributed by atoms with Gasteiger partial charge in [-0.2, -0.15) is 30.1 Å². The van der Waals surface area contributed by atoms with Crippen molar-refractivity contribution in [3.05, 3.63) is 130 Å². The molecule has 8 aromatic heterocycles. The Balaban J connectivity index is 0.000000138. The number of methoxy groups -OCH3 is 2. The van der Waals surface area contributed by atoms with Gasteiger partial charge in [0.25, 0.3) is 0 Å². The van der Waals surface area contributed by atoms with Crippen molar-refractivity contribution in [3.63, 3.8) is 0 Å². The highest BCUT2D eigenvalue weighted by atomic mass is 79.9. The minimum atomic E-state index is -0.414. The van der Waals surface area contributed by atoms with Crippen molar-refractivity contribution >= 4 is 88.6 Å². The molecule has 0 spiro atoms. The first kappa shape index (κ1) is 62.6. The summed E-state index contributed by atoms with van der Waals surface area (Å²) in [6, 6.07) is 20.0. The highest BCUT2D eigenvalue weighted by Crippen LogP contribution is 2.35. The maximum absolute atomic E-state index is 11.4. The predicted octanol–water partition coefficient (Wildman–Crippen LogP) is 11.8. The molecule has 10 heterocycles. The molecule has 0 radical (unpaired) electrons. The molecule has 2 aliphatic heterocycles. The number of nitrogens with zero attached hydrogens (tertiary/aromatic N) is 14. The van der Waals surface area contributed by atoms with Gasteiger partial charge < -0.3 is 47.0 Å². The maximum Gasteiger partial charge on any atom is 0.245 e. The predicted molar refractivity (Wildman–Crippen MR) is 326 cm³/mol. The van der Waals surface area contributed by atoms with E-state index in [9.17, 15) is 9.59 Å². The van der Waals surface area contributed by atoms with Gasteiger partial charge in [0, 0.05) is 25.6 Å². The fourth-order valence-electron chi connectivity index (χ4n) is 9.30. The van der Waals surface area contributed by atoms with E-state index in [1.807, 2.05) is 122 Å². The molecule has 10 aromatic rings. The first-order valence-corrected chi connectivity index (χ1v) is 29.4. The molecule has 26 heteroatoms. The van der Waals surface area contributed by atoms with Crippen molar-refractivity contribution in [2.45, 2.75) is 130 Å². The SMILES string of the molecule is CC(C)(C)Oc1ncnc2c(Br)cn(COCc3ccccc3)c12.CC(C)(C)Oc1ncnc2c(C=O)cn(COCc3ccccc3)c12.COc1ncnc2c(Br)n(C3CCCCO3)nc12.COc1ncnc2c(C=O)n(C3CCCCO3)nc12. The van der Waals surface area contributed by atoms with Crippen LogP contribution in [0.5, 0.6) is 23.5 Å². The van der Waals surface area contributed by atoms with Gasteiger partial charge in [0.05, 0.1) is 37.5 Å². The van der Waals surface area contributed by atoms with Gasteiger partial charge in [-0.25, -0.2) is 29.3 Å². The van der Waals surface area contributed by atoms with Crippen LogP contribution in [0.2, 0.25) is 0 Å². The first-order valence-electron chi connectivity index (χ1n) is 27.9. The van der Waals surface area contributed by atoms with E-state index in [1.165, 1.54) is 32.4 Å². The number of fused-ring (bicyclic) bond motifs is 4. The molecule has 2 saturated heterocycles. The van der Waals surface area contributed by atoms with Crippen LogP contribution in [0.25, 0.3) is 44.1 Å². The van der Waals surface area contributed by atoms with Crippen LogP contribution in [-0.4, -0.2) is 120 Å². The largest absolute Gasteiger partial charge is 0.479 e. The van der Waals surface area contributed by atoms with E-state index >= 15 is 0 Å². The second-order valence-electron chi connectivity index (χ2n) is 21.7. The summed E-state index contributed by atoms with van der Waals surface area (Å²) in [7, 11) is 3.09. The van der Waals surface area contributed by atoms with E-state index in [4.69, 9.17) is 37.9 Å². The van der Waals surface area contributed by atoms with Crippen LogP contribution in [0, 0.1) is 0 Å². The molecule has 2 aromatic carbocycles. The molecule has 2 atom stereocenters. The van der Waals surface area contributed by atoms with E-state index < -0.39 is 5.60 Å². The van der Waals surface area contributed by atoms with Gasteiger partial charge in [-0.05, 0) is 123 Å². The number of carbonyl (C=O) groups excluding carboxylic acids is 2. The Kier molecular flexibility index (Phi) is 21.1. The summed E-state index contributed by atoms with van der Waals surface area (Å²) in [5.41, 5.74) is 7.60. The van der Waals surface area contributed by atoms with Crippen molar-refractivity contribution in [3.8, 4) is 23.5 Å². The van der Waals surface area contributed by atoms with E-state index in [2.05, 4.69) is 81.9 Å². The number of aromatic nitrogens is 14. The van der Waals surface area contributed by atoms with Crippen molar-refractivity contribution in [1.82, 2.24) is 68.6 Å². The third-order valence-corrected chi connectivity index (χ3v) is 14.4.